The minimum atomic E-state index is 0.355. The molecule has 0 aliphatic heterocycles. The van der Waals surface area contributed by atoms with E-state index in [0.29, 0.717) is 5.41 Å². The van der Waals surface area contributed by atoms with Gasteiger partial charge in [-0.25, -0.2) is 0 Å². The molecule has 0 bridgehead atoms. The molecule has 0 aliphatic carbocycles. The van der Waals surface area contributed by atoms with Crippen LogP contribution in [0, 0.1) is 0 Å². The highest BCUT2D eigenvalue weighted by Gasteiger charge is 2.24. The molecule has 1 heterocycles. The van der Waals surface area contributed by atoms with Crippen molar-refractivity contribution in [2.75, 3.05) is 0 Å². The summed E-state index contributed by atoms with van der Waals surface area (Å²) < 4.78 is 0. The number of rotatable bonds is 6. The average Bonchev–Trinajstić information content (AvgIpc) is 2.28. The van der Waals surface area contributed by atoms with Gasteiger partial charge in [0.25, 0.3) is 0 Å². The van der Waals surface area contributed by atoms with E-state index in [1.54, 1.807) is 0 Å². The molecule has 0 aliphatic rings. The van der Waals surface area contributed by atoms with E-state index >= 15 is 0 Å². The molecule has 1 rings (SSSR count). The van der Waals surface area contributed by atoms with Gasteiger partial charge in [-0.3, -0.25) is 4.98 Å². The third kappa shape index (κ3) is 3.33. The molecule has 1 atom stereocenters. The highest BCUT2D eigenvalue weighted by atomic mass is 14.6. The van der Waals surface area contributed by atoms with E-state index in [0.717, 1.165) is 0 Å². The first kappa shape index (κ1) is 12.2. The summed E-state index contributed by atoms with van der Waals surface area (Å²) in [7, 11) is 0. The quantitative estimate of drug-likeness (QED) is 0.673. The fourth-order valence-corrected chi connectivity index (χ4v) is 2.29. The van der Waals surface area contributed by atoms with Crippen LogP contribution in [0.1, 0.15) is 58.4 Å². The van der Waals surface area contributed by atoms with Gasteiger partial charge in [-0.1, -0.05) is 40.0 Å². The maximum Gasteiger partial charge on any atom is 0.0270 e. The van der Waals surface area contributed by atoms with Gasteiger partial charge in [-0.15, -0.1) is 0 Å². The molecule has 84 valence electrons. The van der Waals surface area contributed by atoms with E-state index in [-0.39, 0.29) is 0 Å². The van der Waals surface area contributed by atoms with Crippen molar-refractivity contribution in [2.24, 2.45) is 0 Å². The molecule has 0 saturated carbocycles. The lowest BCUT2D eigenvalue weighted by Crippen LogP contribution is -2.21. The first-order valence-electron chi connectivity index (χ1n) is 6.13. The fraction of sp³-hybridized carbons (Fsp3) is 0.643. The Bertz CT molecular complexity index is 268. The molecule has 1 aromatic rings. The summed E-state index contributed by atoms with van der Waals surface area (Å²) in [5.74, 6) is 0. The Morgan fingerprint density at radius 1 is 1.07 bits per heavy atom. The summed E-state index contributed by atoms with van der Waals surface area (Å²) in [6.45, 7) is 6.92. The molecule has 1 nitrogen and oxygen atoms in total. The maximum atomic E-state index is 4.10. The Morgan fingerprint density at radius 3 is 2.27 bits per heavy atom. The largest absolute Gasteiger partial charge is 0.265 e. The molecular formula is C14H23N. The third-order valence-electron chi connectivity index (χ3n) is 3.26. The van der Waals surface area contributed by atoms with Gasteiger partial charge in [-0.05, 0) is 36.0 Å². The van der Waals surface area contributed by atoms with Gasteiger partial charge in [0.05, 0.1) is 0 Å². The first-order chi connectivity index (χ1) is 7.23. The van der Waals surface area contributed by atoms with Crippen LogP contribution in [0.25, 0.3) is 0 Å². The summed E-state index contributed by atoms with van der Waals surface area (Å²) >= 11 is 0. The number of aromatic nitrogens is 1. The third-order valence-corrected chi connectivity index (χ3v) is 3.26. The van der Waals surface area contributed by atoms with Crippen LogP contribution in [-0.4, -0.2) is 4.98 Å². The molecule has 15 heavy (non-hydrogen) atoms. The van der Waals surface area contributed by atoms with Crippen molar-refractivity contribution in [1.82, 2.24) is 4.98 Å². The van der Waals surface area contributed by atoms with E-state index in [9.17, 15) is 0 Å². The monoisotopic (exact) mass is 205 g/mol. The fourth-order valence-electron chi connectivity index (χ4n) is 2.29. The second-order valence-corrected chi connectivity index (χ2v) is 4.65. The van der Waals surface area contributed by atoms with Gasteiger partial charge >= 0.3 is 0 Å². The SMILES string of the molecule is CCCCC(C)(CCC)c1ccncc1. The molecule has 0 aromatic carbocycles. The van der Waals surface area contributed by atoms with Crippen molar-refractivity contribution in [3.63, 3.8) is 0 Å². The number of nitrogens with zero attached hydrogens (tertiary/aromatic N) is 1. The summed E-state index contributed by atoms with van der Waals surface area (Å²) in [4.78, 5) is 4.10. The highest BCUT2D eigenvalue weighted by Crippen LogP contribution is 2.33. The molecule has 0 saturated heterocycles. The van der Waals surface area contributed by atoms with Gasteiger partial charge in [0.15, 0.2) is 0 Å². The smallest absolute Gasteiger partial charge is 0.0270 e. The Balaban J connectivity index is 2.80. The summed E-state index contributed by atoms with van der Waals surface area (Å²) in [6, 6.07) is 4.34. The Morgan fingerprint density at radius 2 is 1.73 bits per heavy atom. The minimum absolute atomic E-state index is 0.355. The lowest BCUT2D eigenvalue weighted by molar-refractivity contribution is 0.382. The zero-order valence-electron chi connectivity index (χ0n) is 10.3. The molecule has 0 amide bonds. The van der Waals surface area contributed by atoms with Crippen molar-refractivity contribution >= 4 is 0 Å². The lowest BCUT2D eigenvalue weighted by atomic mass is 9.75. The molecular weight excluding hydrogens is 182 g/mol. The van der Waals surface area contributed by atoms with Gasteiger partial charge in [0.1, 0.15) is 0 Å². The van der Waals surface area contributed by atoms with Gasteiger partial charge < -0.3 is 0 Å². The topological polar surface area (TPSA) is 12.9 Å². The highest BCUT2D eigenvalue weighted by molar-refractivity contribution is 5.21. The second kappa shape index (κ2) is 5.89. The van der Waals surface area contributed by atoms with Crippen molar-refractivity contribution < 1.29 is 0 Å². The van der Waals surface area contributed by atoms with Crippen molar-refractivity contribution in [3.8, 4) is 0 Å². The number of hydrogen-bond donors (Lipinski definition) is 0. The maximum absolute atomic E-state index is 4.10. The van der Waals surface area contributed by atoms with E-state index in [2.05, 4.69) is 37.9 Å². The van der Waals surface area contributed by atoms with E-state index in [1.807, 2.05) is 12.4 Å². The molecule has 0 fully saturated rings. The van der Waals surface area contributed by atoms with Crippen molar-refractivity contribution in [3.05, 3.63) is 30.1 Å². The van der Waals surface area contributed by atoms with E-state index in [1.165, 1.54) is 37.7 Å². The first-order valence-corrected chi connectivity index (χ1v) is 6.13. The number of hydrogen-bond acceptors (Lipinski definition) is 1. The van der Waals surface area contributed by atoms with Gasteiger partial charge in [0.2, 0.25) is 0 Å². The van der Waals surface area contributed by atoms with Crippen molar-refractivity contribution in [2.45, 2.75) is 58.3 Å². The Hall–Kier alpha value is -0.850. The molecule has 1 aromatic heterocycles. The normalized spacial score (nSPS) is 14.9. The molecule has 1 unspecified atom stereocenters. The van der Waals surface area contributed by atoms with E-state index in [4.69, 9.17) is 0 Å². The molecule has 0 N–H and O–H groups in total. The predicted octanol–water partition coefficient (Wildman–Crippen LogP) is 4.33. The second-order valence-electron chi connectivity index (χ2n) is 4.65. The van der Waals surface area contributed by atoms with Crippen LogP contribution in [0.2, 0.25) is 0 Å². The van der Waals surface area contributed by atoms with Crippen LogP contribution >= 0.6 is 0 Å². The van der Waals surface area contributed by atoms with E-state index < -0.39 is 0 Å². The predicted molar refractivity (Wildman–Crippen MR) is 66.0 cm³/mol. The zero-order chi connectivity index (χ0) is 11.1. The molecule has 0 spiro atoms. The van der Waals surface area contributed by atoms with Crippen LogP contribution in [-0.2, 0) is 5.41 Å². The van der Waals surface area contributed by atoms with Crippen molar-refractivity contribution in [1.29, 1.82) is 0 Å². The van der Waals surface area contributed by atoms with Crippen LogP contribution in [0.15, 0.2) is 24.5 Å². The summed E-state index contributed by atoms with van der Waals surface area (Å²) in [5.41, 5.74) is 1.81. The van der Waals surface area contributed by atoms with Crippen LogP contribution < -0.4 is 0 Å². The average molecular weight is 205 g/mol. The van der Waals surface area contributed by atoms with Crippen LogP contribution in [0.3, 0.4) is 0 Å². The molecule has 1 heteroatoms. The Kier molecular flexibility index (Phi) is 4.80. The van der Waals surface area contributed by atoms with Crippen LogP contribution in [0.4, 0.5) is 0 Å². The summed E-state index contributed by atoms with van der Waals surface area (Å²) in [6.07, 6.45) is 10.2. The Labute approximate surface area is 93.9 Å². The van der Waals surface area contributed by atoms with Crippen LogP contribution in [0.5, 0.6) is 0 Å². The lowest BCUT2D eigenvalue weighted by Gasteiger charge is -2.29. The number of pyridine rings is 1. The molecule has 0 radical (unpaired) electrons. The van der Waals surface area contributed by atoms with Gasteiger partial charge in [0, 0.05) is 12.4 Å². The van der Waals surface area contributed by atoms with Gasteiger partial charge in [-0.2, -0.15) is 0 Å². The zero-order valence-corrected chi connectivity index (χ0v) is 10.3. The standard InChI is InChI=1S/C14H23N/c1-4-6-10-14(3,9-5-2)13-7-11-15-12-8-13/h7-8,11-12H,4-6,9-10H2,1-3H3. The summed E-state index contributed by atoms with van der Waals surface area (Å²) in [5, 5.41) is 0. The number of unbranched alkanes of at least 4 members (excludes halogenated alkanes) is 1. The minimum Gasteiger partial charge on any atom is -0.265 e.